The van der Waals surface area contributed by atoms with Crippen molar-refractivity contribution >= 4 is 24.2 Å². The fraction of sp³-hybridized carbons (Fsp3) is 0.500. The Morgan fingerprint density at radius 2 is 1.83 bits per heavy atom. The van der Waals surface area contributed by atoms with E-state index in [0.717, 1.165) is 25.5 Å². The molecule has 30 heavy (non-hydrogen) atoms. The van der Waals surface area contributed by atoms with E-state index in [-0.39, 0.29) is 24.2 Å². The van der Waals surface area contributed by atoms with Crippen molar-refractivity contribution in [3.8, 4) is 0 Å². The van der Waals surface area contributed by atoms with Gasteiger partial charge in [0.2, 0.25) is 0 Å². The van der Waals surface area contributed by atoms with Crippen LogP contribution in [0.1, 0.15) is 45.8 Å². The fourth-order valence-electron chi connectivity index (χ4n) is 5.05. The molecule has 1 N–H and O–H groups in total. The lowest BCUT2D eigenvalue weighted by Gasteiger charge is -2.30. The van der Waals surface area contributed by atoms with Crippen LogP contribution in [0.5, 0.6) is 0 Å². The minimum Gasteiger partial charge on any atom is -0.337 e. The van der Waals surface area contributed by atoms with Crippen LogP contribution >= 0.6 is 12.4 Å². The van der Waals surface area contributed by atoms with E-state index >= 15 is 0 Å². The number of hydrogen-bond donors (Lipinski definition) is 1. The van der Waals surface area contributed by atoms with E-state index in [9.17, 15) is 9.59 Å². The number of aryl methyl sites for hydroxylation is 1. The van der Waals surface area contributed by atoms with E-state index in [1.807, 2.05) is 36.1 Å². The monoisotopic (exact) mass is 429 g/mol. The first-order valence-corrected chi connectivity index (χ1v) is 10.5. The molecule has 1 atom stereocenters. The molecule has 3 aliphatic rings. The molecule has 8 heteroatoms. The lowest BCUT2D eigenvalue weighted by Crippen LogP contribution is -2.41. The number of halogens is 1. The molecule has 0 radical (unpaired) electrons. The number of benzene rings is 1. The molecule has 2 fully saturated rings. The summed E-state index contributed by atoms with van der Waals surface area (Å²) in [5.74, 6) is 0.674. The standard InChI is InChI=1S/C22H27N5O2.ClH/c1-25-11-10-24-19(25)15-26(18-14-22(18)6-8-23-9-7-22)12-13-27-20(28)16-4-2-3-5-17(16)21(27)29;/h2-5,10-11,18,23H,6-9,12-15H2,1H3;1H. The molecule has 1 aromatic heterocycles. The maximum absolute atomic E-state index is 12.7. The molecule has 1 aromatic carbocycles. The van der Waals surface area contributed by atoms with E-state index in [1.54, 1.807) is 12.1 Å². The number of carbonyl (C=O) groups is 2. The fourth-order valence-corrected chi connectivity index (χ4v) is 5.05. The zero-order chi connectivity index (χ0) is 20.0. The van der Waals surface area contributed by atoms with Crippen molar-refractivity contribution in [3.63, 3.8) is 0 Å². The second-order valence-corrected chi connectivity index (χ2v) is 8.56. The van der Waals surface area contributed by atoms with E-state index < -0.39 is 0 Å². The highest BCUT2D eigenvalue weighted by atomic mass is 35.5. The van der Waals surface area contributed by atoms with E-state index in [2.05, 4.69) is 15.2 Å². The summed E-state index contributed by atoms with van der Waals surface area (Å²) < 4.78 is 2.05. The molecule has 0 bridgehead atoms. The summed E-state index contributed by atoms with van der Waals surface area (Å²) in [7, 11) is 2.01. The van der Waals surface area contributed by atoms with Gasteiger partial charge in [0.05, 0.1) is 17.7 Å². The maximum atomic E-state index is 12.7. The number of hydrogen-bond acceptors (Lipinski definition) is 5. The Balaban J connectivity index is 0.00000218. The number of carbonyl (C=O) groups excluding carboxylic acids is 2. The molecule has 2 aromatic rings. The predicted octanol–water partition coefficient (Wildman–Crippen LogP) is 2.08. The van der Waals surface area contributed by atoms with Crippen LogP contribution in [0, 0.1) is 5.41 Å². The van der Waals surface area contributed by atoms with E-state index in [0.29, 0.717) is 35.7 Å². The summed E-state index contributed by atoms with van der Waals surface area (Å²) in [5.41, 5.74) is 1.43. The zero-order valence-corrected chi connectivity index (χ0v) is 18.0. The highest BCUT2D eigenvalue weighted by Crippen LogP contribution is 2.55. The SMILES string of the molecule is Cl.Cn1ccnc1CN(CCN1C(=O)c2ccccc2C1=O)C1CC12CCNCC2. The average Bonchev–Trinajstić information content (AvgIpc) is 3.16. The predicted molar refractivity (Wildman–Crippen MR) is 116 cm³/mol. The van der Waals surface area contributed by atoms with Gasteiger partial charge < -0.3 is 9.88 Å². The summed E-state index contributed by atoms with van der Waals surface area (Å²) in [6.07, 6.45) is 7.38. The van der Waals surface area contributed by atoms with Crippen LogP contribution in [0.4, 0.5) is 0 Å². The van der Waals surface area contributed by atoms with Gasteiger partial charge in [-0.25, -0.2) is 4.98 Å². The second kappa shape index (κ2) is 8.13. The topological polar surface area (TPSA) is 70.5 Å². The number of aromatic nitrogens is 2. The van der Waals surface area contributed by atoms with Crippen LogP contribution in [-0.4, -0.2) is 63.4 Å². The van der Waals surface area contributed by atoms with Crippen molar-refractivity contribution in [1.29, 1.82) is 0 Å². The summed E-state index contributed by atoms with van der Waals surface area (Å²) >= 11 is 0. The van der Waals surface area contributed by atoms with E-state index in [4.69, 9.17) is 0 Å². The quantitative estimate of drug-likeness (QED) is 0.712. The summed E-state index contributed by atoms with van der Waals surface area (Å²) in [6, 6.07) is 7.60. The number of imidazole rings is 1. The Morgan fingerprint density at radius 1 is 1.17 bits per heavy atom. The van der Waals surface area contributed by atoms with Crippen LogP contribution in [0.2, 0.25) is 0 Å². The molecule has 1 saturated carbocycles. The summed E-state index contributed by atoms with van der Waals surface area (Å²) in [6.45, 7) is 3.99. The molecule has 1 unspecified atom stereocenters. The smallest absolute Gasteiger partial charge is 0.261 e. The molecular formula is C22H28ClN5O2. The first kappa shape index (κ1) is 21.0. The van der Waals surface area contributed by atoms with Crippen molar-refractivity contribution < 1.29 is 9.59 Å². The normalized spacial score (nSPS) is 21.8. The van der Waals surface area contributed by atoms with Crippen LogP contribution < -0.4 is 5.32 Å². The van der Waals surface area contributed by atoms with Gasteiger partial charge in [-0.15, -0.1) is 12.4 Å². The number of rotatable bonds is 6. The Morgan fingerprint density at radius 3 is 2.43 bits per heavy atom. The Bertz CT molecular complexity index is 918. The number of amides is 2. The molecule has 2 amide bonds. The van der Waals surface area contributed by atoms with Gasteiger partial charge in [-0.05, 0) is 49.9 Å². The maximum Gasteiger partial charge on any atom is 0.261 e. The summed E-state index contributed by atoms with van der Waals surface area (Å²) in [4.78, 5) is 33.8. The number of piperidine rings is 1. The molecule has 1 aliphatic carbocycles. The van der Waals surface area contributed by atoms with E-state index in [1.165, 1.54) is 24.2 Å². The molecule has 160 valence electrons. The van der Waals surface area contributed by atoms with Crippen molar-refractivity contribution in [2.75, 3.05) is 26.2 Å². The van der Waals surface area contributed by atoms with Crippen molar-refractivity contribution in [3.05, 3.63) is 53.6 Å². The average molecular weight is 430 g/mol. The first-order chi connectivity index (χ1) is 14.1. The highest BCUT2D eigenvalue weighted by molar-refractivity contribution is 6.21. The molecule has 1 spiro atoms. The third-order valence-electron chi connectivity index (χ3n) is 6.94. The number of fused-ring (bicyclic) bond motifs is 1. The largest absolute Gasteiger partial charge is 0.337 e. The third kappa shape index (κ3) is 3.55. The van der Waals surface area contributed by atoms with Gasteiger partial charge in [0, 0.05) is 38.6 Å². The van der Waals surface area contributed by atoms with Crippen LogP contribution in [0.3, 0.4) is 0 Å². The minimum absolute atomic E-state index is 0. The minimum atomic E-state index is -0.171. The lowest BCUT2D eigenvalue weighted by molar-refractivity contribution is 0.0625. The lowest BCUT2D eigenvalue weighted by atomic mass is 9.93. The molecule has 2 aliphatic heterocycles. The van der Waals surface area contributed by atoms with Gasteiger partial charge in [0.15, 0.2) is 0 Å². The van der Waals surface area contributed by atoms with Gasteiger partial charge in [-0.2, -0.15) is 0 Å². The third-order valence-corrected chi connectivity index (χ3v) is 6.94. The van der Waals surface area contributed by atoms with Gasteiger partial charge in [-0.3, -0.25) is 19.4 Å². The molecule has 3 heterocycles. The van der Waals surface area contributed by atoms with Gasteiger partial charge in [0.25, 0.3) is 11.8 Å². The van der Waals surface area contributed by atoms with Gasteiger partial charge in [0.1, 0.15) is 5.82 Å². The van der Waals surface area contributed by atoms with Crippen molar-refractivity contribution in [2.24, 2.45) is 12.5 Å². The van der Waals surface area contributed by atoms with Gasteiger partial charge >= 0.3 is 0 Å². The Kier molecular flexibility index (Phi) is 5.70. The van der Waals surface area contributed by atoms with Crippen LogP contribution in [-0.2, 0) is 13.6 Å². The zero-order valence-electron chi connectivity index (χ0n) is 17.2. The Hall–Kier alpha value is -2.22. The second-order valence-electron chi connectivity index (χ2n) is 8.56. The molecule has 1 saturated heterocycles. The molecular weight excluding hydrogens is 402 g/mol. The number of nitrogens with one attached hydrogen (secondary N) is 1. The van der Waals surface area contributed by atoms with Gasteiger partial charge in [-0.1, -0.05) is 12.1 Å². The highest BCUT2D eigenvalue weighted by Gasteiger charge is 2.56. The first-order valence-electron chi connectivity index (χ1n) is 10.5. The van der Waals surface area contributed by atoms with Crippen LogP contribution in [0.15, 0.2) is 36.7 Å². The van der Waals surface area contributed by atoms with Crippen LogP contribution in [0.25, 0.3) is 0 Å². The summed E-state index contributed by atoms with van der Waals surface area (Å²) in [5, 5.41) is 3.46. The molecule has 5 rings (SSSR count). The van der Waals surface area contributed by atoms with Crippen molar-refractivity contribution in [1.82, 2.24) is 24.7 Å². The number of nitrogens with zero attached hydrogens (tertiary/aromatic N) is 4. The Labute approximate surface area is 182 Å². The number of imide groups is 1. The molecule has 7 nitrogen and oxygen atoms in total. The van der Waals surface area contributed by atoms with Crippen molar-refractivity contribution in [2.45, 2.75) is 31.8 Å².